The molecule has 6 N–H and O–H groups in total. The van der Waals surface area contributed by atoms with Crippen molar-refractivity contribution in [2.24, 2.45) is 28.8 Å². The summed E-state index contributed by atoms with van der Waals surface area (Å²) in [5.41, 5.74) is -0.350. The molecule has 322 valence electrons. The zero-order valence-corrected chi connectivity index (χ0v) is 35.3. The van der Waals surface area contributed by atoms with Gasteiger partial charge in [0.05, 0.1) is 53.0 Å². The minimum atomic E-state index is -2.04. The van der Waals surface area contributed by atoms with Crippen molar-refractivity contribution in [3.05, 3.63) is 52.8 Å². The molecule has 9 atom stereocenters. The van der Waals surface area contributed by atoms with Gasteiger partial charge in [0.25, 0.3) is 11.7 Å². The predicted octanol–water partition coefficient (Wildman–Crippen LogP) is 4.34. The number of phenolic OH excluding ortho intramolecular Hbond substituents is 3. The molecule has 0 saturated carbocycles. The highest BCUT2D eigenvalue weighted by Crippen LogP contribution is 2.55. The van der Waals surface area contributed by atoms with Gasteiger partial charge in [-0.3, -0.25) is 19.4 Å². The molecule has 16 heteroatoms. The van der Waals surface area contributed by atoms with E-state index in [0.717, 1.165) is 13.1 Å². The molecule has 4 heterocycles. The molecule has 1 fully saturated rings. The highest BCUT2D eigenvalue weighted by Gasteiger charge is 2.50. The van der Waals surface area contributed by atoms with Gasteiger partial charge in [-0.2, -0.15) is 5.10 Å². The Hall–Kier alpha value is -5.16. The first-order valence-electron chi connectivity index (χ1n) is 19.8. The number of anilines is 1. The molecular weight excluding hydrogens is 764 g/mol. The number of aliphatic hydroxyl groups excluding tert-OH is 2. The molecule has 5 bridgehead atoms. The first-order chi connectivity index (χ1) is 27.7. The van der Waals surface area contributed by atoms with Crippen molar-refractivity contribution in [2.45, 2.75) is 85.6 Å². The number of hydrogen-bond donors (Lipinski definition) is 6. The molecule has 1 saturated heterocycles. The third kappa shape index (κ3) is 8.91. The molecule has 4 aliphatic heterocycles. The number of aromatic hydroxyl groups is 3. The number of fused-ring (bicyclic) bond motifs is 14. The van der Waals surface area contributed by atoms with E-state index in [9.17, 15) is 39.9 Å². The number of benzene rings is 2. The van der Waals surface area contributed by atoms with Gasteiger partial charge in [0.2, 0.25) is 0 Å². The average Bonchev–Trinajstić information content (AvgIpc) is 3.46. The van der Waals surface area contributed by atoms with Crippen LogP contribution in [-0.2, 0) is 23.8 Å². The third-order valence-corrected chi connectivity index (χ3v) is 11.9. The van der Waals surface area contributed by atoms with Crippen molar-refractivity contribution in [2.75, 3.05) is 45.7 Å². The topological polar surface area (TPSA) is 220 Å². The third-order valence-electron chi connectivity index (χ3n) is 11.9. The van der Waals surface area contributed by atoms with E-state index in [2.05, 4.69) is 15.3 Å². The van der Waals surface area contributed by atoms with Gasteiger partial charge in [0.1, 0.15) is 23.4 Å². The van der Waals surface area contributed by atoms with Crippen molar-refractivity contribution in [3.63, 3.8) is 0 Å². The maximum absolute atomic E-state index is 14.4. The summed E-state index contributed by atoms with van der Waals surface area (Å²) in [6, 6.07) is 0. The zero-order chi connectivity index (χ0) is 43.7. The number of esters is 1. The van der Waals surface area contributed by atoms with Crippen LogP contribution in [0.15, 0.2) is 41.2 Å². The van der Waals surface area contributed by atoms with Gasteiger partial charge in [0.15, 0.2) is 5.75 Å². The van der Waals surface area contributed by atoms with Crippen LogP contribution in [0.2, 0.25) is 0 Å². The quantitative estimate of drug-likeness (QED) is 0.109. The van der Waals surface area contributed by atoms with Gasteiger partial charge in [-0.25, -0.2) is 0 Å². The molecule has 2 aromatic carbocycles. The Bertz CT molecular complexity index is 2070. The number of likely N-dealkylation sites (N-methyl/N-ethyl adjacent to an activating group) is 1. The lowest BCUT2D eigenvalue weighted by Crippen LogP contribution is -2.46. The van der Waals surface area contributed by atoms with E-state index in [1.54, 1.807) is 44.9 Å². The Morgan fingerprint density at radius 1 is 0.949 bits per heavy atom. The first-order valence-corrected chi connectivity index (χ1v) is 19.8. The summed E-state index contributed by atoms with van der Waals surface area (Å²) in [6.45, 7) is 15.1. The highest BCUT2D eigenvalue weighted by atomic mass is 16.7. The molecule has 0 radical (unpaired) electrons. The Balaban J connectivity index is 1.70. The summed E-state index contributed by atoms with van der Waals surface area (Å²) in [6.07, 6.45) is 4.86. The summed E-state index contributed by atoms with van der Waals surface area (Å²) in [5.74, 6) is -8.34. The Morgan fingerprint density at radius 3 is 2.24 bits per heavy atom. The Kier molecular flexibility index (Phi) is 13.7. The number of methoxy groups -OCH3 is 1. The van der Waals surface area contributed by atoms with E-state index in [0.29, 0.717) is 13.1 Å². The van der Waals surface area contributed by atoms with Crippen LogP contribution in [0.1, 0.15) is 70.0 Å². The lowest BCUT2D eigenvalue weighted by molar-refractivity contribution is -0.160. The van der Waals surface area contributed by atoms with Crippen LogP contribution in [0, 0.1) is 30.6 Å². The van der Waals surface area contributed by atoms with E-state index in [1.165, 1.54) is 59.4 Å². The number of piperazine rings is 1. The summed E-state index contributed by atoms with van der Waals surface area (Å²) in [7, 11) is 3.42. The second-order valence-electron chi connectivity index (χ2n) is 16.1. The molecule has 2 aromatic rings. The molecule has 0 aliphatic carbocycles. The minimum Gasteiger partial charge on any atom is -0.507 e. The van der Waals surface area contributed by atoms with Crippen LogP contribution >= 0.6 is 0 Å². The summed E-state index contributed by atoms with van der Waals surface area (Å²) in [5, 5.41) is 66.8. The number of carbonyl (C=O) groups excluding carboxylic acids is 3. The van der Waals surface area contributed by atoms with Crippen molar-refractivity contribution in [1.82, 2.24) is 9.91 Å². The van der Waals surface area contributed by atoms with Crippen molar-refractivity contribution >= 4 is 40.3 Å². The number of nitrogens with one attached hydrogen (secondary N) is 1. The van der Waals surface area contributed by atoms with Crippen LogP contribution in [0.25, 0.3) is 10.8 Å². The maximum atomic E-state index is 14.4. The van der Waals surface area contributed by atoms with E-state index >= 15 is 0 Å². The lowest BCUT2D eigenvalue weighted by atomic mass is 9.78. The van der Waals surface area contributed by atoms with E-state index in [4.69, 9.17) is 18.9 Å². The molecule has 16 nitrogen and oxygen atoms in total. The standard InChI is InChI=1S/C43H58N4O12/c1-21-12-11-13-22(2)42(55)45-33-28(20-44-47-17-15-46(9)16-18-47)37(52)30-31(38(33)53)36(51)26(6)40-32(30)41(54)43(8,59-40)57-19-14-29(56-10)23(3)39(58-27(7)48)25(5)35(50)24(4)34(21)49/h11-14,19-21,23-25,29,34-35,39,49-53H,15-18H2,1-10H3,(H,45,55)/b12-11+,19-14+,22-13-,44-20-/t21-,23+,24+,25+,29-,34-,35+,39+,43-/m1/s1. The normalized spacial score (nSPS) is 32.1. The largest absolute Gasteiger partial charge is 0.507 e. The van der Waals surface area contributed by atoms with Gasteiger partial charge in [-0.1, -0.05) is 45.9 Å². The monoisotopic (exact) mass is 822 g/mol. The average molecular weight is 823 g/mol. The number of hydrazone groups is 1. The van der Waals surface area contributed by atoms with Crippen molar-refractivity contribution in [3.8, 4) is 23.0 Å². The smallest absolute Gasteiger partial charge is 0.312 e. The second-order valence-corrected chi connectivity index (χ2v) is 16.1. The molecule has 59 heavy (non-hydrogen) atoms. The minimum absolute atomic E-state index is 0.0559. The Labute approximate surface area is 344 Å². The Morgan fingerprint density at radius 2 is 1.61 bits per heavy atom. The fourth-order valence-corrected chi connectivity index (χ4v) is 7.92. The number of amides is 1. The number of rotatable bonds is 4. The second kappa shape index (κ2) is 18.0. The lowest BCUT2D eigenvalue weighted by Gasteiger charge is -2.38. The zero-order valence-electron chi connectivity index (χ0n) is 35.3. The highest BCUT2D eigenvalue weighted by molar-refractivity contribution is 6.23. The SMILES string of the molecule is CO[C@@H]1/C=C/O[C@]2(C)Oc3c(C)c(O)c4c(O)c(c(/C=N\N5CCN(C)CC5)c(O)c4c3C2=O)NC(=O)/C(C)=C\C=C\[C@@H](C)[C@@H](O)[C@H](C)[C@H](O)[C@H](C)[C@@H](OC(C)=O)[C@H]1C. The first kappa shape index (κ1) is 44.9. The van der Waals surface area contributed by atoms with E-state index < -0.39 is 88.8 Å². The summed E-state index contributed by atoms with van der Waals surface area (Å²) < 4.78 is 23.6. The van der Waals surface area contributed by atoms with Gasteiger partial charge in [-0.05, 0) is 27.0 Å². The number of ketones is 1. The van der Waals surface area contributed by atoms with Gasteiger partial charge in [0, 0.05) is 87.3 Å². The van der Waals surface area contributed by atoms with Crippen LogP contribution in [0.4, 0.5) is 5.69 Å². The van der Waals surface area contributed by atoms with Crippen LogP contribution < -0.4 is 10.1 Å². The fourth-order valence-electron chi connectivity index (χ4n) is 7.92. The van der Waals surface area contributed by atoms with Gasteiger partial charge >= 0.3 is 11.8 Å². The number of carbonyl (C=O) groups is 3. The molecular formula is C43H58N4O12. The van der Waals surface area contributed by atoms with E-state index in [-0.39, 0.29) is 44.5 Å². The van der Waals surface area contributed by atoms with Crippen molar-refractivity contribution < 1.29 is 58.9 Å². The molecule has 1 amide bonds. The molecule has 4 aliphatic rings. The van der Waals surface area contributed by atoms with Gasteiger partial charge in [-0.15, -0.1) is 0 Å². The fraction of sp³-hybridized carbons (Fsp3) is 0.535. The van der Waals surface area contributed by atoms with Crippen molar-refractivity contribution in [1.29, 1.82) is 0 Å². The number of Topliss-reactive ketones (excluding diaryl/α,β-unsaturated/α-hetero) is 1. The molecule has 0 unspecified atom stereocenters. The van der Waals surface area contributed by atoms with Gasteiger partial charge < -0.3 is 54.7 Å². The predicted molar refractivity (Wildman–Crippen MR) is 220 cm³/mol. The van der Waals surface area contributed by atoms with Crippen LogP contribution in [-0.4, -0.2) is 130 Å². The molecule has 0 aromatic heterocycles. The number of nitrogens with zero attached hydrogens (tertiary/aromatic N) is 3. The molecule has 0 spiro atoms. The summed E-state index contributed by atoms with van der Waals surface area (Å²) in [4.78, 5) is 42.6. The van der Waals surface area contributed by atoms with Crippen LogP contribution in [0.5, 0.6) is 23.0 Å². The number of allylic oxidation sites excluding steroid dienone is 2. The number of hydrogen-bond acceptors (Lipinski definition) is 15. The molecule has 6 rings (SSSR count). The number of aliphatic hydroxyl groups is 2. The van der Waals surface area contributed by atoms with Crippen LogP contribution in [0.3, 0.4) is 0 Å². The van der Waals surface area contributed by atoms with E-state index in [1.807, 2.05) is 7.05 Å². The number of phenols is 3. The maximum Gasteiger partial charge on any atom is 0.312 e. The summed E-state index contributed by atoms with van der Waals surface area (Å²) >= 11 is 0. The number of ether oxygens (including phenoxy) is 4.